The van der Waals surface area contributed by atoms with Crippen LogP contribution in [0, 0.1) is 6.92 Å². The fourth-order valence-electron chi connectivity index (χ4n) is 2.59. The molecule has 1 fully saturated rings. The first-order valence-corrected chi connectivity index (χ1v) is 8.64. The summed E-state index contributed by atoms with van der Waals surface area (Å²) in [6.07, 6.45) is 3.55. The van der Waals surface area contributed by atoms with E-state index in [1.165, 1.54) is 12.8 Å². The summed E-state index contributed by atoms with van der Waals surface area (Å²) in [5, 5.41) is 3.80. The summed E-state index contributed by atoms with van der Waals surface area (Å²) in [7, 11) is 0. The average molecular weight is 342 g/mol. The van der Waals surface area contributed by atoms with Gasteiger partial charge in [-0.15, -0.1) is 0 Å². The summed E-state index contributed by atoms with van der Waals surface area (Å²) in [6, 6.07) is 6.18. The quantitative estimate of drug-likeness (QED) is 0.890. The van der Waals surface area contributed by atoms with E-state index in [1.54, 1.807) is 0 Å². The molecule has 4 heteroatoms. The van der Waals surface area contributed by atoms with Gasteiger partial charge in [0.1, 0.15) is 0 Å². The monoisotopic (exact) mass is 341 g/mol. The lowest BCUT2D eigenvalue weighted by Crippen LogP contribution is -2.39. The highest BCUT2D eigenvalue weighted by Crippen LogP contribution is 2.30. The Morgan fingerprint density at radius 2 is 2.26 bits per heavy atom. The Morgan fingerprint density at radius 3 is 3.00 bits per heavy atom. The molecule has 1 saturated carbocycles. The minimum absolute atomic E-state index is 0.0624. The fraction of sp³-hybridized carbons (Fsp3) is 0.533. The zero-order valence-corrected chi connectivity index (χ0v) is 13.8. The second-order valence-corrected chi connectivity index (χ2v) is 7.40. The van der Waals surface area contributed by atoms with Crippen molar-refractivity contribution in [3.05, 3.63) is 33.8 Å². The molecule has 1 N–H and O–H groups in total. The van der Waals surface area contributed by atoms with Crippen molar-refractivity contribution in [3.8, 4) is 0 Å². The molecule has 0 aliphatic heterocycles. The van der Waals surface area contributed by atoms with Gasteiger partial charge in [0, 0.05) is 21.3 Å². The van der Waals surface area contributed by atoms with Crippen molar-refractivity contribution in [2.45, 2.75) is 44.4 Å². The lowest BCUT2D eigenvalue weighted by molar-refractivity contribution is 0.0938. The Morgan fingerprint density at radius 1 is 1.47 bits per heavy atom. The van der Waals surface area contributed by atoms with Crippen LogP contribution in [-0.2, 0) is 0 Å². The SMILES string of the molecule is CCSC1CCCC1NC(=O)c1cc(Br)ccc1C. The Balaban J connectivity index is 2.06. The normalized spacial score (nSPS) is 22.5. The van der Waals surface area contributed by atoms with Crippen LogP contribution in [0.25, 0.3) is 0 Å². The predicted octanol–water partition coefficient (Wildman–Crippen LogP) is 4.16. The highest BCUT2D eigenvalue weighted by Gasteiger charge is 2.28. The van der Waals surface area contributed by atoms with E-state index in [9.17, 15) is 4.79 Å². The van der Waals surface area contributed by atoms with Crippen LogP contribution in [-0.4, -0.2) is 23.0 Å². The summed E-state index contributed by atoms with van der Waals surface area (Å²) in [6.45, 7) is 4.16. The van der Waals surface area contributed by atoms with Crippen molar-refractivity contribution in [3.63, 3.8) is 0 Å². The molecule has 1 amide bonds. The van der Waals surface area contributed by atoms with E-state index in [-0.39, 0.29) is 5.91 Å². The highest BCUT2D eigenvalue weighted by atomic mass is 79.9. The van der Waals surface area contributed by atoms with Crippen molar-refractivity contribution in [1.29, 1.82) is 0 Å². The number of halogens is 1. The smallest absolute Gasteiger partial charge is 0.251 e. The van der Waals surface area contributed by atoms with E-state index < -0.39 is 0 Å². The molecule has 0 saturated heterocycles. The van der Waals surface area contributed by atoms with Crippen LogP contribution in [0.15, 0.2) is 22.7 Å². The van der Waals surface area contributed by atoms with E-state index in [2.05, 4.69) is 28.2 Å². The molecule has 0 heterocycles. The fourth-order valence-corrected chi connectivity index (χ4v) is 4.15. The van der Waals surface area contributed by atoms with Crippen LogP contribution in [0.4, 0.5) is 0 Å². The van der Waals surface area contributed by atoms with E-state index >= 15 is 0 Å². The maximum Gasteiger partial charge on any atom is 0.251 e. The summed E-state index contributed by atoms with van der Waals surface area (Å²) in [5.41, 5.74) is 1.81. The molecule has 0 bridgehead atoms. The molecule has 0 spiro atoms. The van der Waals surface area contributed by atoms with Crippen molar-refractivity contribution in [2.75, 3.05) is 5.75 Å². The third kappa shape index (κ3) is 3.76. The number of hydrogen-bond donors (Lipinski definition) is 1. The van der Waals surface area contributed by atoms with E-state index in [4.69, 9.17) is 0 Å². The summed E-state index contributed by atoms with van der Waals surface area (Å²) < 4.78 is 0.953. The summed E-state index contributed by atoms with van der Waals surface area (Å²) in [5.74, 6) is 1.18. The summed E-state index contributed by atoms with van der Waals surface area (Å²) >= 11 is 5.40. The van der Waals surface area contributed by atoms with E-state index in [0.29, 0.717) is 11.3 Å². The minimum atomic E-state index is 0.0624. The van der Waals surface area contributed by atoms with Gasteiger partial charge in [-0.2, -0.15) is 11.8 Å². The van der Waals surface area contributed by atoms with Gasteiger partial charge in [0.05, 0.1) is 0 Å². The number of hydrogen-bond acceptors (Lipinski definition) is 2. The van der Waals surface area contributed by atoms with E-state index in [0.717, 1.165) is 27.8 Å². The van der Waals surface area contributed by atoms with Gasteiger partial charge in [-0.05, 0) is 43.2 Å². The number of carbonyl (C=O) groups excluding carboxylic acids is 1. The van der Waals surface area contributed by atoms with Crippen LogP contribution in [0.2, 0.25) is 0 Å². The number of amides is 1. The average Bonchev–Trinajstić information content (AvgIpc) is 2.80. The largest absolute Gasteiger partial charge is 0.348 e. The standard InChI is InChI=1S/C15H20BrNOS/c1-3-19-14-6-4-5-13(14)17-15(18)12-9-11(16)8-7-10(12)2/h7-9,13-14H,3-6H2,1-2H3,(H,17,18). The minimum Gasteiger partial charge on any atom is -0.348 e. The summed E-state index contributed by atoms with van der Waals surface area (Å²) in [4.78, 5) is 12.4. The number of nitrogens with one attached hydrogen (secondary N) is 1. The van der Waals surface area contributed by atoms with Crippen LogP contribution < -0.4 is 5.32 Å². The van der Waals surface area contributed by atoms with Gasteiger partial charge >= 0.3 is 0 Å². The van der Waals surface area contributed by atoms with Crippen molar-refractivity contribution >= 4 is 33.6 Å². The van der Waals surface area contributed by atoms with Crippen LogP contribution in [0.1, 0.15) is 42.1 Å². The van der Waals surface area contributed by atoms with Crippen molar-refractivity contribution < 1.29 is 4.79 Å². The van der Waals surface area contributed by atoms with Crippen molar-refractivity contribution in [1.82, 2.24) is 5.32 Å². The number of carbonyl (C=O) groups is 1. The lowest BCUT2D eigenvalue weighted by Gasteiger charge is -2.20. The number of benzene rings is 1. The third-order valence-corrected chi connectivity index (χ3v) is 5.41. The molecule has 2 unspecified atom stereocenters. The maximum atomic E-state index is 12.4. The maximum absolute atomic E-state index is 12.4. The Labute approximate surface area is 127 Å². The molecule has 2 nitrogen and oxygen atoms in total. The van der Waals surface area contributed by atoms with E-state index in [1.807, 2.05) is 36.9 Å². The Kier molecular flexibility index (Phi) is 5.34. The molecule has 0 radical (unpaired) electrons. The van der Waals surface area contributed by atoms with Gasteiger partial charge in [-0.3, -0.25) is 4.79 Å². The molecule has 104 valence electrons. The topological polar surface area (TPSA) is 29.1 Å². The number of rotatable bonds is 4. The van der Waals surface area contributed by atoms with Gasteiger partial charge in [0.25, 0.3) is 5.91 Å². The Bertz CT molecular complexity index is 463. The molecular weight excluding hydrogens is 322 g/mol. The third-order valence-electron chi connectivity index (χ3n) is 3.59. The zero-order chi connectivity index (χ0) is 13.8. The first-order valence-electron chi connectivity index (χ1n) is 6.80. The molecule has 1 aliphatic carbocycles. The second-order valence-electron chi connectivity index (χ2n) is 4.96. The first kappa shape index (κ1) is 14.9. The highest BCUT2D eigenvalue weighted by molar-refractivity contribution is 9.10. The zero-order valence-electron chi connectivity index (χ0n) is 11.4. The van der Waals surface area contributed by atoms with Gasteiger partial charge < -0.3 is 5.32 Å². The van der Waals surface area contributed by atoms with Gasteiger partial charge in [-0.25, -0.2) is 0 Å². The molecule has 19 heavy (non-hydrogen) atoms. The molecule has 1 aromatic carbocycles. The molecule has 2 atom stereocenters. The van der Waals surface area contributed by atoms with Gasteiger partial charge in [-0.1, -0.05) is 35.3 Å². The molecule has 0 aromatic heterocycles. The van der Waals surface area contributed by atoms with Gasteiger partial charge in [0.15, 0.2) is 0 Å². The number of thioether (sulfide) groups is 1. The Hall–Kier alpha value is -0.480. The second kappa shape index (κ2) is 6.80. The molecule has 2 rings (SSSR count). The van der Waals surface area contributed by atoms with Crippen LogP contribution >= 0.6 is 27.7 Å². The predicted molar refractivity (Wildman–Crippen MR) is 85.9 cm³/mol. The van der Waals surface area contributed by atoms with Crippen molar-refractivity contribution in [2.24, 2.45) is 0 Å². The number of aryl methyl sites for hydroxylation is 1. The first-order chi connectivity index (χ1) is 9.11. The van der Waals surface area contributed by atoms with Gasteiger partial charge in [0.2, 0.25) is 0 Å². The van der Waals surface area contributed by atoms with Crippen LogP contribution in [0.5, 0.6) is 0 Å². The van der Waals surface area contributed by atoms with Crippen LogP contribution in [0.3, 0.4) is 0 Å². The molecule has 1 aliphatic rings. The molecular formula is C15H20BrNOS. The lowest BCUT2D eigenvalue weighted by atomic mass is 10.1. The molecule has 1 aromatic rings.